The lowest BCUT2D eigenvalue weighted by atomic mass is 10.2. The first kappa shape index (κ1) is 14.9. The number of nitrogens with zero attached hydrogens (tertiary/aromatic N) is 1. The lowest BCUT2D eigenvalue weighted by Crippen LogP contribution is -2.15. The van der Waals surface area contributed by atoms with E-state index in [0.29, 0.717) is 5.82 Å². The number of alkyl halides is 2. The molecular weight excluding hydrogens is 272 g/mol. The molecule has 0 aromatic carbocycles. The van der Waals surface area contributed by atoms with Crippen molar-refractivity contribution in [1.82, 2.24) is 10.2 Å². The van der Waals surface area contributed by atoms with Gasteiger partial charge in [-0.25, -0.2) is 8.78 Å². The van der Waals surface area contributed by atoms with E-state index in [1.807, 2.05) is 0 Å². The standard InChI is InChI=1S/C12H17F2N3O3/c13-10(14)7-19-5-3-12(18)15-11-6-8(16-17-11)9-2-1-4-20-9/h6,9-10H,1-5,7H2,(H2,15,16,17,18)/t9-/m1/s1. The van der Waals surface area contributed by atoms with Crippen molar-refractivity contribution in [2.45, 2.75) is 31.8 Å². The van der Waals surface area contributed by atoms with Crippen molar-refractivity contribution in [2.24, 2.45) is 0 Å². The quantitative estimate of drug-likeness (QED) is 0.751. The minimum absolute atomic E-state index is 0.00234. The maximum atomic E-state index is 11.8. The van der Waals surface area contributed by atoms with Gasteiger partial charge in [0.25, 0.3) is 6.43 Å². The van der Waals surface area contributed by atoms with Crippen molar-refractivity contribution < 1.29 is 23.0 Å². The van der Waals surface area contributed by atoms with Crippen LogP contribution in [-0.4, -0.2) is 42.4 Å². The Morgan fingerprint density at radius 2 is 2.50 bits per heavy atom. The third-order valence-corrected chi connectivity index (χ3v) is 2.86. The van der Waals surface area contributed by atoms with Gasteiger partial charge < -0.3 is 14.8 Å². The van der Waals surface area contributed by atoms with E-state index in [-0.39, 0.29) is 25.0 Å². The number of anilines is 1. The third-order valence-electron chi connectivity index (χ3n) is 2.86. The monoisotopic (exact) mass is 289 g/mol. The molecule has 1 atom stereocenters. The maximum absolute atomic E-state index is 11.8. The minimum Gasteiger partial charge on any atom is -0.375 e. The molecule has 0 radical (unpaired) electrons. The van der Waals surface area contributed by atoms with E-state index in [9.17, 15) is 13.6 Å². The van der Waals surface area contributed by atoms with Gasteiger partial charge in [-0.15, -0.1) is 0 Å². The number of halogens is 2. The molecule has 0 bridgehead atoms. The average molecular weight is 289 g/mol. The molecule has 1 aromatic rings. The van der Waals surface area contributed by atoms with E-state index in [0.717, 1.165) is 25.1 Å². The van der Waals surface area contributed by atoms with Crippen LogP contribution in [0.3, 0.4) is 0 Å². The Labute approximate surface area is 114 Å². The molecule has 0 unspecified atom stereocenters. The van der Waals surface area contributed by atoms with Gasteiger partial charge in [-0.2, -0.15) is 5.10 Å². The molecule has 1 aliphatic heterocycles. The first-order chi connectivity index (χ1) is 9.65. The second kappa shape index (κ2) is 7.30. The molecule has 2 rings (SSSR count). The number of aromatic nitrogens is 2. The Morgan fingerprint density at radius 1 is 1.65 bits per heavy atom. The third kappa shape index (κ3) is 4.53. The van der Waals surface area contributed by atoms with Crippen LogP contribution in [0.1, 0.15) is 31.1 Å². The molecule has 1 saturated heterocycles. The summed E-state index contributed by atoms with van der Waals surface area (Å²) < 4.78 is 33.7. The smallest absolute Gasteiger partial charge is 0.261 e. The number of nitrogens with one attached hydrogen (secondary N) is 2. The Kier molecular flexibility index (Phi) is 5.42. The minimum atomic E-state index is -2.52. The van der Waals surface area contributed by atoms with E-state index in [1.54, 1.807) is 6.07 Å². The number of ether oxygens (including phenoxy) is 2. The van der Waals surface area contributed by atoms with Crippen LogP contribution in [0.15, 0.2) is 6.07 Å². The zero-order valence-corrected chi connectivity index (χ0v) is 10.9. The number of rotatable bonds is 7. The predicted molar refractivity (Wildman–Crippen MR) is 66.6 cm³/mol. The highest BCUT2D eigenvalue weighted by atomic mass is 19.3. The Bertz CT molecular complexity index is 433. The largest absolute Gasteiger partial charge is 0.375 e. The summed E-state index contributed by atoms with van der Waals surface area (Å²) in [6.07, 6.45) is -0.570. The average Bonchev–Trinajstić information content (AvgIpc) is 3.04. The van der Waals surface area contributed by atoms with Crippen molar-refractivity contribution in [3.05, 3.63) is 11.8 Å². The van der Waals surface area contributed by atoms with Crippen LogP contribution in [0.25, 0.3) is 0 Å². The van der Waals surface area contributed by atoms with Crippen LogP contribution >= 0.6 is 0 Å². The van der Waals surface area contributed by atoms with Crippen LogP contribution < -0.4 is 5.32 Å². The molecule has 1 aliphatic rings. The highest BCUT2D eigenvalue weighted by Crippen LogP contribution is 2.28. The van der Waals surface area contributed by atoms with Crippen LogP contribution in [0, 0.1) is 0 Å². The fourth-order valence-electron chi connectivity index (χ4n) is 1.93. The van der Waals surface area contributed by atoms with Gasteiger partial charge in [0.2, 0.25) is 5.91 Å². The molecule has 1 amide bonds. The van der Waals surface area contributed by atoms with Crippen LogP contribution in [-0.2, 0) is 14.3 Å². The van der Waals surface area contributed by atoms with Crippen molar-refractivity contribution in [1.29, 1.82) is 0 Å². The van der Waals surface area contributed by atoms with Gasteiger partial charge in [-0.05, 0) is 12.8 Å². The van der Waals surface area contributed by atoms with Gasteiger partial charge in [-0.3, -0.25) is 9.89 Å². The molecule has 0 spiro atoms. The number of carbonyl (C=O) groups is 1. The highest BCUT2D eigenvalue weighted by Gasteiger charge is 2.20. The summed E-state index contributed by atoms with van der Waals surface area (Å²) in [6, 6.07) is 1.72. The number of amides is 1. The second-order valence-corrected chi connectivity index (χ2v) is 4.47. The molecule has 8 heteroatoms. The molecule has 6 nitrogen and oxygen atoms in total. The second-order valence-electron chi connectivity index (χ2n) is 4.47. The number of aromatic amines is 1. The zero-order chi connectivity index (χ0) is 14.4. The number of hydrogen-bond acceptors (Lipinski definition) is 4. The van der Waals surface area contributed by atoms with Crippen LogP contribution in [0.2, 0.25) is 0 Å². The van der Waals surface area contributed by atoms with Gasteiger partial charge in [0.1, 0.15) is 6.61 Å². The van der Waals surface area contributed by atoms with Gasteiger partial charge >= 0.3 is 0 Å². The highest BCUT2D eigenvalue weighted by molar-refractivity contribution is 5.89. The lowest BCUT2D eigenvalue weighted by Gasteiger charge is -2.04. The summed E-state index contributed by atoms with van der Waals surface area (Å²) in [5.74, 6) is 0.0685. The molecule has 1 aromatic heterocycles. The fraction of sp³-hybridized carbons (Fsp3) is 0.667. The van der Waals surface area contributed by atoms with Gasteiger partial charge in [-0.1, -0.05) is 0 Å². The molecule has 20 heavy (non-hydrogen) atoms. The number of carbonyl (C=O) groups excluding carboxylic acids is 1. The van der Waals surface area contributed by atoms with Gasteiger partial charge in [0.05, 0.1) is 24.8 Å². The van der Waals surface area contributed by atoms with Gasteiger partial charge in [0, 0.05) is 12.7 Å². The topological polar surface area (TPSA) is 76.2 Å². The van der Waals surface area contributed by atoms with Crippen molar-refractivity contribution in [3.8, 4) is 0 Å². The molecular formula is C12H17F2N3O3. The fourth-order valence-corrected chi connectivity index (χ4v) is 1.93. The van der Waals surface area contributed by atoms with Crippen molar-refractivity contribution >= 4 is 11.7 Å². The van der Waals surface area contributed by atoms with E-state index < -0.39 is 13.0 Å². The van der Waals surface area contributed by atoms with Crippen molar-refractivity contribution in [3.63, 3.8) is 0 Å². The summed E-state index contributed by atoms with van der Waals surface area (Å²) in [4.78, 5) is 11.5. The summed E-state index contributed by atoms with van der Waals surface area (Å²) in [6.45, 7) is 0.0326. The number of H-pyrrole nitrogens is 1. The zero-order valence-electron chi connectivity index (χ0n) is 10.9. The van der Waals surface area contributed by atoms with Gasteiger partial charge in [0.15, 0.2) is 5.82 Å². The van der Waals surface area contributed by atoms with E-state index >= 15 is 0 Å². The van der Waals surface area contributed by atoms with E-state index in [2.05, 4.69) is 20.3 Å². The van der Waals surface area contributed by atoms with Crippen LogP contribution in [0.4, 0.5) is 14.6 Å². The molecule has 1 fully saturated rings. The Balaban J connectivity index is 1.71. The molecule has 0 aliphatic carbocycles. The Hall–Kier alpha value is -1.54. The summed E-state index contributed by atoms with van der Waals surface area (Å²) in [7, 11) is 0. The normalized spacial score (nSPS) is 18.6. The first-order valence-electron chi connectivity index (χ1n) is 6.48. The lowest BCUT2D eigenvalue weighted by molar-refractivity contribution is -0.117. The van der Waals surface area contributed by atoms with Crippen molar-refractivity contribution in [2.75, 3.05) is 25.1 Å². The summed E-state index contributed by atoms with van der Waals surface area (Å²) in [5, 5.41) is 9.34. The van der Waals surface area contributed by atoms with E-state index in [4.69, 9.17) is 4.74 Å². The SMILES string of the molecule is O=C(CCOCC(F)F)Nc1cc([C@H]2CCCO2)[nH]n1. The molecule has 0 saturated carbocycles. The molecule has 2 heterocycles. The first-order valence-corrected chi connectivity index (χ1v) is 6.48. The molecule has 112 valence electrons. The summed E-state index contributed by atoms with van der Waals surface area (Å²) >= 11 is 0. The van der Waals surface area contributed by atoms with Crippen LogP contribution in [0.5, 0.6) is 0 Å². The summed E-state index contributed by atoms with van der Waals surface area (Å²) in [5.41, 5.74) is 0.826. The molecule has 2 N–H and O–H groups in total. The predicted octanol–water partition coefficient (Wildman–Crippen LogP) is 1.87. The maximum Gasteiger partial charge on any atom is 0.261 e. The Morgan fingerprint density at radius 3 is 3.20 bits per heavy atom. The van der Waals surface area contributed by atoms with E-state index in [1.165, 1.54) is 0 Å². The number of hydrogen-bond donors (Lipinski definition) is 2.